The summed E-state index contributed by atoms with van der Waals surface area (Å²) < 4.78 is 26.1. The number of nitrogens with two attached hydrogens (primary N) is 1. The van der Waals surface area contributed by atoms with E-state index in [1.165, 1.54) is 28.4 Å². The summed E-state index contributed by atoms with van der Waals surface area (Å²) in [7, 11) is 1.06. The van der Waals surface area contributed by atoms with Crippen LogP contribution in [0.25, 0.3) is 0 Å². The Kier molecular flexibility index (Phi) is 7.32. The van der Waals surface area contributed by atoms with Crippen LogP contribution in [0.3, 0.4) is 0 Å². The van der Waals surface area contributed by atoms with Gasteiger partial charge < -0.3 is 10.6 Å². The predicted octanol–water partition coefficient (Wildman–Crippen LogP) is 0.778. The van der Waals surface area contributed by atoms with Crippen molar-refractivity contribution in [1.29, 1.82) is 0 Å². The van der Waals surface area contributed by atoms with Crippen molar-refractivity contribution < 1.29 is 13.2 Å². The van der Waals surface area contributed by atoms with Crippen molar-refractivity contribution in [3.05, 3.63) is 29.8 Å². The molecule has 1 aromatic rings. The molecule has 1 amide bonds. The number of hydrogen-bond acceptors (Lipinski definition) is 4. The van der Waals surface area contributed by atoms with Gasteiger partial charge in [-0.3, -0.25) is 4.79 Å². The van der Waals surface area contributed by atoms with Gasteiger partial charge >= 0.3 is 0 Å². The van der Waals surface area contributed by atoms with E-state index in [4.69, 9.17) is 5.73 Å². The number of hydrogen-bond donors (Lipinski definition) is 1. The van der Waals surface area contributed by atoms with Crippen LogP contribution in [0.4, 0.5) is 0 Å². The molecule has 2 N–H and O–H groups in total. The summed E-state index contributed by atoms with van der Waals surface area (Å²) in [4.78, 5) is 13.4. The van der Waals surface area contributed by atoms with E-state index in [0.29, 0.717) is 5.56 Å². The van der Waals surface area contributed by atoms with E-state index < -0.39 is 10.0 Å². The second-order valence-corrected chi connectivity index (χ2v) is 6.83. The number of sulfonamides is 1. The first-order chi connectivity index (χ1) is 9.21. The zero-order valence-electron chi connectivity index (χ0n) is 12.6. The minimum Gasteiger partial charge on any atom is -0.345 e. The molecule has 0 aromatic heterocycles. The number of carbonyl (C=O) groups excluding carboxylic acids is 1. The number of halogens is 1. The minimum atomic E-state index is -3.65. The van der Waals surface area contributed by atoms with Crippen molar-refractivity contribution in [3.63, 3.8) is 0 Å². The fourth-order valence-electron chi connectivity index (χ4n) is 1.60. The lowest BCUT2D eigenvalue weighted by Gasteiger charge is -2.23. The molecule has 0 heterocycles. The molecule has 0 bridgehead atoms. The Morgan fingerprint density at radius 2 is 1.86 bits per heavy atom. The van der Waals surface area contributed by atoms with Crippen LogP contribution >= 0.6 is 12.4 Å². The number of nitrogens with zero attached hydrogens (tertiary/aromatic N) is 2. The van der Waals surface area contributed by atoms with E-state index in [1.54, 1.807) is 33.2 Å². The third-order valence-corrected chi connectivity index (χ3v) is 5.09. The molecule has 0 radical (unpaired) electrons. The van der Waals surface area contributed by atoms with Gasteiger partial charge in [-0.25, -0.2) is 8.42 Å². The van der Waals surface area contributed by atoms with Gasteiger partial charge in [0.15, 0.2) is 0 Å². The van der Waals surface area contributed by atoms with Gasteiger partial charge in [-0.05, 0) is 25.1 Å². The number of rotatable bonds is 5. The highest BCUT2D eigenvalue weighted by Crippen LogP contribution is 2.18. The standard InChI is InChI=1S/C13H21N3O3S.ClH/c1-10(9-14)16(4)20(18,19)12-7-5-6-11(8-12)13(17)15(2)3;/h5-8,10H,9,14H2,1-4H3;1H. The molecular formula is C13H22ClN3O3S. The Hall–Kier alpha value is -1.15. The molecule has 1 rings (SSSR count). The van der Waals surface area contributed by atoms with E-state index in [1.807, 2.05) is 0 Å². The van der Waals surface area contributed by atoms with E-state index in [9.17, 15) is 13.2 Å². The molecule has 0 aliphatic carbocycles. The minimum absolute atomic E-state index is 0. The second kappa shape index (κ2) is 7.74. The molecule has 0 aliphatic heterocycles. The fraction of sp³-hybridized carbons (Fsp3) is 0.462. The first-order valence-corrected chi connectivity index (χ1v) is 7.65. The zero-order valence-corrected chi connectivity index (χ0v) is 14.2. The highest BCUT2D eigenvalue weighted by Gasteiger charge is 2.25. The van der Waals surface area contributed by atoms with Gasteiger partial charge in [-0.15, -0.1) is 12.4 Å². The SMILES string of the molecule is CC(CN)N(C)S(=O)(=O)c1cccc(C(=O)N(C)C)c1.Cl. The molecule has 21 heavy (non-hydrogen) atoms. The van der Waals surface area contributed by atoms with Gasteiger partial charge in [0, 0.05) is 39.3 Å². The summed E-state index contributed by atoms with van der Waals surface area (Å²) in [5.74, 6) is -0.239. The van der Waals surface area contributed by atoms with E-state index in [-0.39, 0.29) is 35.8 Å². The normalized spacial score (nSPS) is 12.7. The van der Waals surface area contributed by atoms with Crippen molar-refractivity contribution in [2.24, 2.45) is 5.73 Å². The average molecular weight is 336 g/mol. The molecule has 0 fully saturated rings. The van der Waals surface area contributed by atoms with Crippen LogP contribution in [-0.2, 0) is 10.0 Å². The third kappa shape index (κ3) is 4.41. The van der Waals surface area contributed by atoms with Crippen LogP contribution in [0.5, 0.6) is 0 Å². The molecule has 1 aromatic carbocycles. The largest absolute Gasteiger partial charge is 0.345 e. The van der Waals surface area contributed by atoms with Gasteiger partial charge in [0.25, 0.3) is 5.91 Å². The van der Waals surface area contributed by atoms with E-state index in [0.717, 1.165) is 0 Å². The summed E-state index contributed by atoms with van der Waals surface area (Å²) in [5, 5.41) is 0. The Bertz CT molecular complexity index is 590. The lowest BCUT2D eigenvalue weighted by Crippen LogP contribution is -2.39. The molecular weight excluding hydrogens is 314 g/mol. The summed E-state index contributed by atoms with van der Waals surface area (Å²) >= 11 is 0. The van der Waals surface area contributed by atoms with Gasteiger partial charge in [-0.2, -0.15) is 4.31 Å². The summed E-state index contributed by atoms with van der Waals surface area (Å²) in [6.45, 7) is 1.96. The summed E-state index contributed by atoms with van der Waals surface area (Å²) in [5.41, 5.74) is 5.84. The summed E-state index contributed by atoms with van der Waals surface area (Å²) in [6, 6.07) is 5.70. The Balaban J connectivity index is 0.00000400. The molecule has 1 unspecified atom stereocenters. The Morgan fingerprint density at radius 1 is 1.29 bits per heavy atom. The number of likely N-dealkylation sites (N-methyl/N-ethyl adjacent to an activating group) is 1. The van der Waals surface area contributed by atoms with Gasteiger partial charge in [0.2, 0.25) is 10.0 Å². The number of carbonyl (C=O) groups is 1. The lowest BCUT2D eigenvalue weighted by molar-refractivity contribution is 0.0827. The third-order valence-electron chi connectivity index (χ3n) is 3.13. The van der Waals surface area contributed by atoms with Gasteiger partial charge in [0.1, 0.15) is 0 Å². The molecule has 0 saturated heterocycles. The van der Waals surface area contributed by atoms with Crippen LogP contribution in [0, 0.1) is 0 Å². The van der Waals surface area contributed by atoms with Crippen LogP contribution < -0.4 is 5.73 Å². The van der Waals surface area contributed by atoms with Crippen LogP contribution in [0.2, 0.25) is 0 Å². The molecule has 0 spiro atoms. The van der Waals surface area contributed by atoms with Crippen molar-refractivity contribution in [1.82, 2.24) is 9.21 Å². The van der Waals surface area contributed by atoms with E-state index >= 15 is 0 Å². The van der Waals surface area contributed by atoms with E-state index in [2.05, 4.69) is 0 Å². The predicted molar refractivity (Wildman–Crippen MR) is 85.2 cm³/mol. The van der Waals surface area contributed by atoms with Crippen molar-refractivity contribution in [2.45, 2.75) is 17.9 Å². The summed E-state index contributed by atoms with van der Waals surface area (Å²) in [6.07, 6.45) is 0. The smallest absolute Gasteiger partial charge is 0.253 e. The maximum absolute atomic E-state index is 12.4. The van der Waals surface area contributed by atoms with Crippen molar-refractivity contribution >= 4 is 28.3 Å². The monoisotopic (exact) mass is 335 g/mol. The van der Waals surface area contributed by atoms with Crippen LogP contribution in [0.1, 0.15) is 17.3 Å². The molecule has 120 valence electrons. The van der Waals surface area contributed by atoms with Crippen LogP contribution in [-0.4, -0.2) is 57.3 Å². The quantitative estimate of drug-likeness (QED) is 0.861. The molecule has 8 heteroatoms. The van der Waals surface area contributed by atoms with Crippen LogP contribution in [0.15, 0.2) is 29.2 Å². The lowest BCUT2D eigenvalue weighted by atomic mass is 10.2. The van der Waals surface area contributed by atoms with Crippen molar-refractivity contribution in [2.75, 3.05) is 27.7 Å². The maximum atomic E-state index is 12.4. The maximum Gasteiger partial charge on any atom is 0.253 e. The fourth-order valence-corrected chi connectivity index (χ4v) is 3.02. The molecule has 0 aliphatic rings. The molecule has 6 nitrogen and oxygen atoms in total. The topological polar surface area (TPSA) is 83.7 Å². The highest BCUT2D eigenvalue weighted by molar-refractivity contribution is 7.89. The van der Waals surface area contributed by atoms with Crippen molar-refractivity contribution in [3.8, 4) is 0 Å². The molecule has 1 atom stereocenters. The van der Waals surface area contributed by atoms with Gasteiger partial charge in [-0.1, -0.05) is 6.07 Å². The highest BCUT2D eigenvalue weighted by atomic mass is 35.5. The number of benzene rings is 1. The number of amides is 1. The average Bonchev–Trinajstić information content (AvgIpc) is 2.44. The second-order valence-electron chi connectivity index (χ2n) is 4.83. The zero-order chi connectivity index (χ0) is 15.5. The van der Waals surface area contributed by atoms with Gasteiger partial charge in [0.05, 0.1) is 4.90 Å². The first kappa shape index (κ1) is 19.9. The molecule has 0 saturated carbocycles. The first-order valence-electron chi connectivity index (χ1n) is 6.21. The Morgan fingerprint density at radius 3 is 2.33 bits per heavy atom. The Labute approximate surface area is 132 Å².